The average Bonchev–Trinajstić information content (AvgIpc) is 2.80. The van der Waals surface area contributed by atoms with E-state index in [1.807, 2.05) is 19.1 Å². The normalized spacial score (nSPS) is 11.4. The minimum Gasteiger partial charge on any atom is -0.207 e. The second-order valence-corrected chi connectivity index (χ2v) is 8.63. The van der Waals surface area contributed by atoms with Crippen LogP contribution in [-0.2, 0) is 32.1 Å². The summed E-state index contributed by atoms with van der Waals surface area (Å²) in [6.07, 6.45) is 2.82. The first-order valence-corrected chi connectivity index (χ1v) is 11.5. The summed E-state index contributed by atoms with van der Waals surface area (Å²) in [6.45, 7) is 1.96. The number of aryl methyl sites for hydroxylation is 4. The Bertz CT molecular complexity index is 1300. The molecule has 0 amide bonds. The van der Waals surface area contributed by atoms with Crippen molar-refractivity contribution in [2.45, 2.75) is 45.4 Å². The zero-order valence-electron chi connectivity index (χ0n) is 18.9. The fourth-order valence-corrected chi connectivity index (χ4v) is 4.31. The molecule has 0 saturated carbocycles. The van der Waals surface area contributed by atoms with E-state index in [1.165, 1.54) is 18.2 Å². The Balaban J connectivity index is 1.48. The van der Waals surface area contributed by atoms with E-state index >= 15 is 4.39 Å². The lowest BCUT2D eigenvalue weighted by Gasteiger charge is -2.10. The van der Waals surface area contributed by atoms with Gasteiger partial charge < -0.3 is 0 Å². The number of hydrogen-bond acceptors (Lipinski definition) is 0. The van der Waals surface area contributed by atoms with Crippen LogP contribution in [0.3, 0.4) is 0 Å². The number of hydrogen-bond donors (Lipinski definition) is 0. The van der Waals surface area contributed by atoms with E-state index in [-0.39, 0.29) is 17.8 Å². The molecular weight excluding hydrogens is 443 g/mol. The van der Waals surface area contributed by atoms with Crippen molar-refractivity contribution in [3.63, 3.8) is 0 Å². The minimum atomic E-state index is -0.916. The second kappa shape index (κ2) is 10.4. The molecule has 0 nitrogen and oxygen atoms in total. The molecule has 0 saturated heterocycles. The van der Waals surface area contributed by atoms with Crippen molar-refractivity contribution in [3.8, 4) is 0 Å². The highest BCUT2D eigenvalue weighted by Gasteiger charge is 2.13. The summed E-state index contributed by atoms with van der Waals surface area (Å²) in [5, 5.41) is 1.15. The summed E-state index contributed by atoms with van der Waals surface area (Å²) in [5.74, 6) is -3.23. The van der Waals surface area contributed by atoms with Gasteiger partial charge in [0, 0.05) is 10.9 Å². The van der Waals surface area contributed by atoms with E-state index in [4.69, 9.17) is 0 Å². The quantitative estimate of drug-likeness (QED) is 0.230. The van der Waals surface area contributed by atoms with E-state index in [2.05, 4.69) is 0 Å². The molecule has 4 aromatic rings. The van der Waals surface area contributed by atoms with E-state index < -0.39 is 23.3 Å². The van der Waals surface area contributed by atoms with Gasteiger partial charge >= 0.3 is 0 Å². The van der Waals surface area contributed by atoms with Crippen LogP contribution in [0.15, 0.2) is 60.7 Å². The first-order valence-electron chi connectivity index (χ1n) is 11.5. The van der Waals surface area contributed by atoms with Crippen molar-refractivity contribution < 1.29 is 22.0 Å². The molecule has 0 N–H and O–H groups in total. The van der Waals surface area contributed by atoms with Gasteiger partial charge in [0.1, 0.15) is 17.5 Å². The first kappa shape index (κ1) is 23.9. The van der Waals surface area contributed by atoms with Gasteiger partial charge in [0.25, 0.3) is 0 Å². The van der Waals surface area contributed by atoms with Gasteiger partial charge in [-0.3, -0.25) is 0 Å². The van der Waals surface area contributed by atoms with Gasteiger partial charge in [-0.2, -0.15) is 0 Å². The Morgan fingerprint density at radius 1 is 0.529 bits per heavy atom. The molecule has 0 fully saturated rings. The van der Waals surface area contributed by atoms with Gasteiger partial charge in [-0.15, -0.1) is 0 Å². The van der Waals surface area contributed by atoms with Crippen molar-refractivity contribution in [1.29, 1.82) is 0 Å². The van der Waals surface area contributed by atoms with Crippen molar-refractivity contribution in [3.05, 3.63) is 118 Å². The third-order valence-electron chi connectivity index (χ3n) is 6.17. The zero-order valence-corrected chi connectivity index (χ0v) is 18.9. The summed E-state index contributed by atoms with van der Waals surface area (Å²) in [6, 6.07) is 15.3. The predicted molar refractivity (Wildman–Crippen MR) is 125 cm³/mol. The van der Waals surface area contributed by atoms with E-state index in [0.717, 1.165) is 24.1 Å². The number of benzene rings is 4. The Morgan fingerprint density at radius 3 is 1.88 bits per heavy atom. The summed E-state index contributed by atoms with van der Waals surface area (Å²) in [7, 11) is 0. The van der Waals surface area contributed by atoms with Crippen molar-refractivity contribution in [2.24, 2.45) is 0 Å². The van der Waals surface area contributed by atoms with Gasteiger partial charge in [0.05, 0.1) is 0 Å². The second-order valence-electron chi connectivity index (χ2n) is 8.63. The van der Waals surface area contributed by atoms with Gasteiger partial charge in [-0.1, -0.05) is 49.7 Å². The SMILES string of the molecule is CCCc1cc(F)c(CCc2ccc3c(F)c(CCc4ccc(F)c(F)c4)ccc3c2)c(F)c1. The molecule has 34 heavy (non-hydrogen) atoms. The van der Waals surface area contributed by atoms with E-state index in [9.17, 15) is 17.6 Å². The highest BCUT2D eigenvalue weighted by molar-refractivity contribution is 5.84. The largest absolute Gasteiger partial charge is 0.207 e. The summed E-state index contributed by atoms with van der Waals surface area (Å²) in [4.78, 5) is 0. The van der Waals surface area contributed by atoms with Crippen LogP contribution < -0.4 is 0 Å². The van der Waals surface area contributed by atoms with Gasteiger partial charge in [-0.25, -0.2) is 22.0 Å². The number of rotatable bonds is 8. The molecule has 0 heterocycles. The van der Waals surface area contributed by atoms with Crippen LogP contribution in [0.2, 0.25) is 0 Å². The molecule has 4 rings (SSSR count). The molecule has 0 spiro atoms. The molecule has 0 radical (unpaired) electrons. The maximum Gasteiger partial charge on any atom is 0.159 e. The van der Waals surface area contributed by atoms with Crippen LogP contribution in [0.4, 0.5) is 22.0 Å². The average molecular weight is 469 g/mol. The van der Waals surface area contributed by atoms with Gasteiger partial charge in [0.2, 0.25) is 0 Å². The van der Waals surface area contributed by atoms with Gasteiger partial charge in [0.15, 0.2) is 11.6 Å². The highest BCUT2D eigenvalue weighted by Crippen LogP contribution is 2.25. The van der Waals surface area contributed by atoms with Crippen LogP contribution in [0.5, 0.6) is 0 Å². The maximum atomic E-state index is 15.1. The Hall–Kier alpha value is -3.21. The molecule has 176 valence electrons. The van der Waals surface area contributed by atoms with E-state index in [0.29, 0.717) is 53.1 Å². The first-order chi connectivity index (χ1) is 16.4. The Morgan fingerprint density at radius 2 is 1.18 bits per heavy atom. The molecule has 5 heteroatoms. The fraction of sp³-hybridized carbons (Fsp3) is 0.241. The third-order valence-corrected chi connectivity index (χ3v) is 6.17. The third kappa shape index (κ3) is 5.30. The molecule has 0 unspecified atom stereocenters. The molecule has 0 aromatic heterocycles. The molecule has 0 bridgehead atoms. The number of fused-ring (bicyclic) bond motifs is 1. The van der Waals surface area contributed by atoms with Crippen molar-refractivity contribution in [2.75, 3.05) is 0 Å². The fourth-order valence-electron chi connectivity index (χ4n) is 4.31. The minimum absolute atomic E-state index is 0.0682. The molecule has 4 aromatic carbocycles. The van der Waals surface area contributed by atoms with Crippen LogP contribution in [0, 0.1) is 29.1 Å². The van der Waals surface area contributed by atoms with Crippen molar-refractivity contribution >= 4 is 10.8 Å². The zero-order chi connectivity index (χ0) is 24.2. The molecular formula is C29H25F5. The highest BCUT2D eigenvalue weighted by atomic mass is 19.2. The van der Waals surface area contributed by atoms with Crippen LogP contribution in [-0.4, -0.2) is 0 Å². The number of halogens is 5. The Labute approximate surface area is 196 Å². The van der Waals surface area contributed by atoms with E-state index in [1.54, 1.807) is 18.2 Å². The maximum absolute atomic E-state index is 15.1. The smallest absolute Gasteiger partial charge is 0.159 e. The van der Waals surface area contributed by atoms with Crippen LogP contribution >= 0.6 is 0 Å². The van der Waals surface area contributed by atoms with Gasteiger partial charge in [-0.05, 0) is 84.0 Å². The lowest BCUT2D eigenvalue weighted by Crippen LogP contribution is -2.01. The standard InChI is InChI=1S/C29H25F5/c1-2-3-20-16-26(31)24(27(32)17-20)12-6-18-5-11-23-22(14-18)10-9-21(29(23)34)8-4-19-7-13-25(30)28(33)15-19/h5,7,9-11,13-17H,2-4,6,8,12H2,1H3. The van der Waals surface area contributed by atoms with Crippen LogP contribution in [0.25, 0.3) is 10.8 Å². The molecule has 0 aliphatic rings. The molecule has 0 atom stereocenters. The van der Waals surface area contributed by atoms with Crippen LogP contribution in [0.1, 0.15) is 41.2 Å². The summed E-state index contributed by atoms with van der Waals surface area (Å²) < 4.78 is 70.4. The molecule has 0 aliphatic heterocycles. The lowest BCUT2D eigenvalue weighted by molar-refractivity contribution is 0.507. The predicted octanol–water partition coefficient (Wildman–Crippen LogP) is 8.06. The van der Waals surface area contributed by atoms with Crippen molar-refractivity contribution in [1.82, 2.24) is 0 Å². The Kier molecular flexibility index (Phi) is 7.30. The topological polar surface area (TPSA) is 0 Å². The summed E-state index contributed by atoms with van der Waals surface area (Å²) >= 11 is 0. The molecule has 0 aliphatic carbocycles. The lowest BCUT2D eigenvalue weighted by atomic mass is 9.96. The summed E-state index contributed by atoms with van der Waals surface area (Å²) in [5.41, 5.74) is 2.66. The monoisotopic (exact) mass is 468 g/mol.